The van der Waals surface area contributed by atoms with Crippen LogP contribution in [0.3, 0.4) is 0 Å². The van der Waals surface area contributed by atoms with Gasteiger partial charge in [-0.2, -0.15) is 0 Å². The van der Waals surface area contributed by atoms with Gasteiger partial charge in [0.1, 0.15) is 6.61 Å². The third-order valence-electron chi connectivity index (χ3n) is 14.0. The van der Waals surface area contributed by atoms with Gasteiger partial charge in [0, 0.05) is 19.4 Å². The van der Waals surface area contributed by atoms with Gasteiger partial charge >= 0.3 is 19.8 Å². The van der Waals surface area contributed by atoms with Gasteiger partial charge in [0.2, 0.25) is 0 Å². The molecule has 0 aliphatic heterocycles. The molecule has 2 atom stereocenters. The van der Waals surface area contributed by atoms with Crippen molar-refractivity contribution in [1.29, 1.82) is 0 Å². The van der Waals surface area contributed by atoms with E-state index in [-0.39, 0.29) is 32.6 Å². The number of carbonyl (C=O) groups excluding carboxylic acids is 2. The number of phosphoric acid groups is 1. The largest absolute Gasteiger partial charge is 0.472 e. The highest BCUT2D eigenvalue weighted by atomic mass is 31.2. The maximum Gasteiger partial charge on any atom is 0.472 e. The second-order valence-electron chi connectivity index (χ2n) is 21.9. The minimum atomic E-state index is -4.40. The first-order valence-corrected chi connectivity index (χ1v) is 35.2. The van der Waals surface area contributed by atoms with Crippen molar-refractivity contribution in [2.75, 3.05) is 26.4 Å². The predicted molar refractivity (Wildman–Crippen MR) is 357 cm³/mol. The lowest BCUT2D eigenvalue weighted by Crippen LogP contribution is -2.29. The number of rotatable bonds is 62. The summed E-state index contributed by atoms with van der Waals surface area (Å²) in [6.07, 6.45) is 95.4. The van der Waals surface area contributed by atoms with Crippen LogP contribution in [0, 0.1) is 0 Å². The molecule has 0 rings (SSSR count). The summed E-state index contributed by atoms with van der Waals surface area (Å²) in [7, 11) is -4.40. The topological polar surface area (TPSA) is 134 Å². The highest BCUT2D eigenvalue weighted by Crippen LogP contribution is 2.43. The van der Waals surface area contributed by atoms with Crippen LogP contribution in [0.25, 0.3) is 0 Å². The van der Waals surface area contributed by atoms with Crippen LogP contribution in [-0.2, 0) is 32.7 Å². The second-order valence-corrected chi connectivity index (χ2v) is 23.4. The molecule has 0 aromatic carbocycles. The number of hydrogen-bond acceptors (Lipinski definition) is 8. The predicted octanol–water partition coefficient (Wildman–Crippen LogP) is 22.1. The zero-order valence-electron chi connectivity index (χ0n) is 53.1. The van der Waals surface area contributed by atoms with Crippen LogP contribution < -0.4 is 5.73 Å². The van der Waals surface area contributed by atoms with Crippen LogP contribution >= 0.6 is 7.82 Å². The van der Waals surface area contributed by atoms with Gasteiger partial charge in [-0.15, -0.1) is 0 Å². The molecule has 0 amide bonds. The second kappa shape index (κ2) is 67.3. The Bertz CT molecular complexity index is 1820. The summed E-state index contributed by atoms with van der Waals surface area (Å²) in [5, 5.41) is 0. The van der Waals surface area contributed by atoms with Crippen LogP contribution in [0.15, 0.2) is 134 Å². The molecule has 0 saturated carbocycles. The normalized spacial score (nSPS) is 13.8. The first kappa shape index (κ1) is 79.2. The van der Waals surface area contributed by atoms with Crippen molar-refractivity contribution in [3.05, 3.63) is 134 Å². The molecule has 0 bridgehead atoms. The number of carbonyl (C=O) groups is 2. The summed E-state index contributed by atoms with van der Waals surface area (Å²) >= 11 is 0. The third-order valence-corrected chi connectivity index (χ3v) is 15.0. The van der Waals surface area contributed by atoms with Gasteiger partial charge in [-0.05, 0) is 109 Å². The van der Waals surface area contributed by atoms with Crippen molar-refractivity contribution < 1.29 is 37.6 Å². The van der Waals surface area contributed by atoms with E-state index in [1.807, 2.05) is 0 Å². The fraction of sp³-hybridized carbons (Fsp3) is 0.671. The van der Waals surface area contributed by atoms with Gasteiger partial charge in [-0.3, -0.25) is 18.6 Å². The molecule has 0 radical (unpaired) electrons. The summed E-state index contributed by atoms with van der Waals surface area (Å²) in [5.74, 6) is -0.838. The Hall–Kier alpha value is -3.85. The Balaban J connectivity index is 3.88. The number of phosphoric ester groups is 1. The SMILES string of the molecule is CC/C=C\C/C=C\C/C=C\C/C=C\C/C=C\C/C=C\CCCCCCCCCCCCCCCCCCCCCCC(=O)OC(COC(=O)CCCCCCCCC/C=C\C/C=C\C/C=C\C/C=C\C/C=C\CC)COP(=O)(O)OCCN. The van der Waals surface area contributed by atoms with Crippen LogP contribution in [0.4, 0.5) is 0 Å². The first-order valence-electron chi connectivity index (χ1n) is 33.7. The maximum absolute atomic E-state index is 12.8. The lowest BCUT2D eigenvalue weighted by Gasteiger charge is -2.19. The minimum absolute atomic E-state index is 0.0472. The van der Waals surface area contributed by atoms with Gasteiger partial charge in [-0.1, -0.05) is 295 Å². The molecule has 0 aromatic heterocycles. The van der Waals surface area contributed by atoms with Crippen molar-refractivity contribution in [1.82, 2.24) is 0 Å². The van der Waals surface area contributed by atoms with E-state index in [9.17, 15) is 19.0 Å². The summed E-state index contributed by atoms with van der Waals surface area (Å²) in [4.78, 5) is 35.3. The van der Waals surface area contributed by atoms with Crippen LogP contribution in [0.5, 0.6) is 0 Å². The van der Waals surface area contributed by atoms with E-state index < -0.39 is 32.5 Å². The van der Waals surface area contributed by atoms with E-state index in [0.29, 0.717) is 12.8 Å². The smallest absolute Gasteiger partial charge is 0.462 e. The van der Waals surface area contributed by atoms with Crippen molar-refractivity contribution in [3.63, 3.8) is 0 Å². The molecule has 0 aliphatic rings. The van der Waals surface area contributed by atoms with Crippen LogP contribution in [0.2, 0.25) is 0 Å². The molecular weight excluding hydrogens is 1050 g/mol. The van der Waals surface area contributed by atoms with Crippen molar-refractivity contribution in [2.24, 2.45) is 5.73 Å². The van der Waals surface area contributed by atoms with E-state index in [4.69, 9.17) is 24.3 Å². The molecular formula is C73H124NO8P. The molecule has 0 saturated heterocycles. The Morgan fingerprint density at radius 1 is 0.361 bits per heavy atom. The maximum atomic E-state index is 12.8. The molecule has 474 valence electrons. The van der Waals surface area contributed by atoms with Crippen molar-refractivity contribution >= 4 is 19.8 Å². The molecule has 10 heteroatoms. The summed E-state index contributed by atoms with van der Waals surface area (Å²) in [6.45, 7) is 3.52. The van der Waals surface area contributed by atoms with Gasteiger partial charge in [0.25, 0.3) is 0 Å². The summed E-state index contributed by atoms with van der Waals surface area (Å²) < 4.78 is 33.1. The lowest BCUT2D eigenvalue weighted by molar-refractivity contribution is -0.161. The van der Waals surface area contributed by atoms with E-state index in [1.54, 1.807) is 0 Å². The molecule has 0 aliphatic carbocycles. The highest BCUT2D eigenvalue weighted by Gasteiger charge is 2.26. The molecule has 3 N–H and O–H groups in total. The highest BCUT2D eigenvalue weighted by molar-refractivity contribution is 7.47. The summed E-state index contributed by atoms with van der Waals surface area (Å²) in [5.41, 5.74) is 5.40. The van der Waals surface area contributed by atoms with E-state index in [2.05, 4.69) is 148 Å². The number of esters is 2. The van der Waals surface area contributed by atoms with Gasteiger partial charge in [0.05, 0.1) is 13.2 Å². The number of ether oxygens (including phenoxy) is 2. The summed E-state index contributed by atoms with van der Waals surface area (Å²) in [6, 6.07) is 0. The minimum Gasteiger partial charge on any atom is -0.462 e. The standard InChI is InChI=1S/C73H124NO8P/c1-3-5-7-9-11-13-15-17-19-21-23-25-27-28-29-30-31-32-33-34-35-36-37-38-39-40-41-42-44-46-48-50-52-54-56-58-60-62-64-66-73(76)82-71(70-81-83(77,78)80-68-67-74)69-79-72(75)65-63-61-59-57-55-53-51-49-47-45-43-26-24-22-20-18-16-14-12-10-8-6-4-2/h5-8,11-14,17-20,23-26,28-29,31-32,45,47,71H,3-4,9-10,15-16,21-22,27,30,33-44,46,48-70,74H2,1-2H3,(H,77,78)/b7-5-,8-6-,13-11-,14-12-,19-17-,20-18-,25-23-,26-24-,29-28-,32-31-,47-45-. The van der Waals surface area contributed by atoms with Gasteiger partial charge < -0.3 is 20.1 Å². The van der Waals surface area contributed by atoms with Crippen molar-refractivity contribution in [3.8, 4) is 0 Å². The fourth-order valence-electron chi connectivity index (χ4n) is 9.14. The average molecular weight is 1170 g/mol. The zero-order chi connectivity index (χ0) is 60.1. The number of nitrogens with two attached hydrogens (primary N) is 1. The average Bonchev–Trinajstić information content (AvgIpc) is 3.48. The Morgan fingerprint density at radius 3 is 0.928 bits per heavy atom. The fourth-order valence-corrected chi connectivity index (χ4v) is 9.90. The van der Waals surface area contributed by atoms with E-state index >= 15 is 0 Å². The van der Waals surface area contributed by atoms with Gasteiger partial charge in [-0.25, -0.2) is 4.57 Å². The lowest BCUT2D eigenvalue weighted by atomic mass is 10.0. The first-order chi connectivity index (χ1) is 40.8. The molecule has 0 heterocycles. The van der Waals surface area contributed by atoms with Crippen LogP contribution in [-0.4, -0.2) is 49.3 Å². The van der Waals surface area contributed by atoms with Crippen LogP contribution in [0.1, 0.15) is 284 Å². The Labute approximate surface area is 510 Å². The Morgan fingerprint density at radius 2 is 0.627 bits per heavy atom. The molecule has 0 aromatic rings. The van der Waals surface area contributed by atoms with E-state index in [0.717, 1.165) is 116 Å². The molecule has 83 heavy (non-hydrogen) atoms. The van der Waals surface area contributed by atoms with Crippen molar-refractivity contribution in [2.45, 2.75) is 290 Å². The molecule has 9 nitrogen and oxygen atoms in total. The molecule has 2 unspecified atom stereocenters. The third kappa shape index (κ3) is 67.2. The van der Waals surface area contributed by atoms with Gasteiger partial charge in [0.15, 0.2) is 6.10 Å². The number of allylic oxidation sites excluding steroid dienone is 22. The molecule has 0 spiro atoms. The zero-order valence-corrected chi connectivity index (χ0v) is 54.0. The monoisotopic (exact) mass is 1170 g/mol. The quantitative estimate of drug-likeness (QED) is 0.0264. The Kier molecular flexibility index (Phi) is 64.2. The van der Waals surface area contributed by atoms with E-state index in [1.165, 1.54) is 128 Å². The number of unbranched alkanes of at least 4 members (excludes halogenated alkanes) is 27. The molecule has 0 fully saturated rings. The number of hydrogen-bond donors (Lipinski definition) is 2.